The summed E-state index contributed by atoms with van der Waals surface area (Å²) in [5.74, 6) is 0. The van der Waals surface area contributed by atoms with E-state index in [0.717, 1.165) is 6.54 Å². The molecule has 4 rings (SSSR count). The van der Waals surface area contributed by atoms with Crippen molar-refractivity contribution in [1.82, 2.24) is 0 Å². The highest BCUT2D eigenvalue weighted by Crippen LogP contribution is 2.35. The fourth-order valence-electron chi connectivity index (χ4n) is 3.33. The highest BCUT2D eigenvalue weighted by atomic mass is 15.0. The molecule has 0 heterocycles. The molecule has 1 nitrogen and oxygen atoms in total. The molecule has 4 aromatic carbocycles. The van der Waals surface area contributed by atoms with Gasteiger partial charge in [0.05, 0.1) is 14.1 Å². The molecule has 0 bridgehead atoms. The molecular weight excluding hydrogens is 242 g/mol. The zero-order chi connectivity index (χ0) is 13.7. The van der Waals surface area contributed by atoms with E-state index in [-0.39, 0.29) is 0 Å². The van der Waals surface area contributed by atoms with E-state index in [2.05, 4.69) is 68.7 Å². The predicted molar refractivity (Wildman–Crippen MR) is 86.7 cm³/mol. The van der Waals surface area contributed by atoms with E-state index in [1.807, 2.05) is 0 Å². The van der Waals surface area contributed by atoms with Gasteiger partial charge < -0.3 is 4.90 Å². The number of nitrogens with one attached hydrogen (secondary N) is 1. The Labute approximate surface area is 118 Å². The molecule has 0 fully saturated rings. The lowest BCUT2D eigenvalue weighted by molar-refractivity contribution is -0.872. The van der Waals surface area contributed by atoms with Crippen LogP contribution in [-0.4, -0.2) is 14.1 Å². The molecule has 0 aliphatic rings. The van der Waals surface area contributed by atoms with Crippen LogP contribution in [0.15, 0.2) is 54.6 Å². The number of hydrogen-bond acceptors (Lipinski definition) is 0. The normalized spacial score (nSPS) is 12.2. The molecule has 20 heavy (non-hydrogen) atoms. The maximum atomic E-state index is 2.29. The van der Waals surface area contributed by atoms with Crippen molar-refractivity contribution in [1.29, 1.82) is 0 Å². The van der Waals surface area contributed by atoms with Crippen LogP contribution < -0.4 is 4.90 Å². The molecule has 1 N–H and O–H groups in total. The van der Waals surface area contributed by atoms with Gasteiger partial charge in [0.25, 0.3) is 0 Å². The molecule has 0 saturated carbocycles. The van der Waals surface area contributed by atoms with Crippen molar-refractivity contribution in [3.05, 3.63) is 60.2 Å². The molecule has 1 heteroatoms. The Kier molecular flexibility index (Phi) is 2.45. The Balaban J connectivity index is 2.20. The van der Waals surface area contributed by atoms with E-state index in [9.17, 15) is 0 Å². The lowest BCUT2D eigenvalue weighted by atomic mass is 9.92. The van der Waals surface area contributed by atoms with Crippen molar-refractivity contribution in [2.45, 2.75) is 6.54 Å². The summed E-state index contributed by atoms with van der Waals surface area (Å²) in [6.07, 6.45) is 0. The molecule has 0 atom stereocenters. The van der Waals surface area contributed by atoms with Gasteiger partial charge in [-0.05, 0) is 32.3 Å². The smallest absolute Gasteiger partial charge is 0.103 e. The maximum absolute atomic E-state index is 2.29. The van der Waals surface area contributed by atoms with Crippen molar-refractivity contribution in [3.8, 4) is 0 Å². The zero-order valence-corrected chi connectivity index (χ0v) is 11.9. The number of rotatable bonds is 2. The molecule has 0 saturated heterocycles. The van der Waals surface area contributed by atoms with Crippen LogP contribution >= 0.6 is 0 Å². The Hall–Kier alpha value is -2.12. The van der Waals surface area contributed by atoms with E-state index >= 15 is 0 Å². The summed E-state index contributed by atoms with van der Waals surface area (Å²) < 4.78 is 0. The van der Waals surface area contributed by atoms with Crippen molar-refractivity contribution in [2.75, 3.05) is 14.1 Å². The molecule has 0 aliphatic carbocycles. The summed E-state index contributed by atoms with van der Waals surface area (Å²) in [5, 5.41) is 8.29. The van der Waals surface area contributed by atoms with Gasteiger partial charge in [0.1, 0.15) is 6.54 Å². The number of benzene rings is 4. The molecule has 0 amide bonds. The first kappa shape index (κ1) is 11.7. The first-order chi connectivity index (χ1) is 9.74. The summed E-state index contributed by atoms with van der Waals surface area (Å²) >= 11 is 0. The fraction of sp³-hybridized carbons (Fsp3) is 0.158. The quantitative estimate of drug-likeness (QED) is 0.528. The zero-order valence-electron chi connectivity index (χ0n) is 11.9. The van der Waals surface area contributed by atoms with Gasteiger partial charge in [-0.25, -0.2) is 0 Å². The van der Waals surface area contributed by atoms with E-state index < -0.39 is 0 Å². The van der Waals surface area contributed by atoms with Gasteiger partial charge in [0, 0.05) is 5.56 Å². The van der Waals surface area contributed by atoms with Gasteiger partial charge in [0.2, 0.25) is 0 Å². The van der Waals surface area contributed by atoms with Crippen LogP contribution in [0.4, 0.5) is 0 Å². The molecule has 0 radical (unpaired) electrons. The van der Waals surface area contributed by atoms with E-state index in [1.165, 1.54) is 42.8 Å². The summed E-state index contributed by atoms with van der Waals surface area (Å²) in [5.41, 5.74) is 1.44. The molecular formula is C19H18N+. The van der Waals surface area contributed by atoms with Gasteiger partial charge in [-0.1, -0.05) is 54.6 Å². The molecule has 0 unspecified atom stereocenters. The first-order valence-corrected chi connectivity index (χ1v) is 7.18. The predicted octanol–water partition coefficient (Wildman–Crippen LogP) is 3.23. The molecule has 0 spiro atoms. The SMILES string of the molecule is C[NH+](C)Cc1ccc2ccc3cccc4ccc1c2c34. The van der Waals surface area contributed by atoms with Gasteiger partial charge >= 0.3 is 0 Å². The third-order valence-corrected chi connectivity index (χ3v) is 4.16. The van der Waals surface area contributed by atoms with Gasteiger partial charge in [-0.3, -0.25) is 0 Å². The van der Waals surface area contributed by atoms with Gasteiger partial charge in [-0.2, -0.15) is 0 Å². The van der Waals surface area contributed by atoms with Crippen molar-refractivity contribution in [3.63, 3.8) is 0 Å². The lowest BCUT2D eigenvalue weighted by Crippen LogP contribution is -3.04. The standard InChI is InChI=1S/C19H17N/c1-20(2)12-16-9-8-15-7-6-13-4-3-5-14-10-11-17(16)19(15)18(13)14/h3-11H,12H2,1-2H3/p+1. The van der Waals surface area contributed by atoms with E-state index in [1.54, 1.807) is 0 Å². The van der Waals surface area contributed by atoms with Crippen LogP contribution in [0, 0.1) is 0 Å². The van der Waals surface area contributed by atoms with Crippen LogP contribution in [0.1, 0.15) is 5.56 Å². The summed E-state index contributed by atoms with van der Waals surface area (Å²) in [6, 6.07) is 20.2. The second-order valence-corrected chi connectivity index (χ2v) is 5.96. The average Bonchev–Trinajstić information content (AvgIpc) is 2.46. The van der Waals surface area contributed by atoms with Crippen LogP contribution in [0.2, 0.25) is 0 Å². The van der Waals surface area contributed by atoms with Crippen LogP contribution in [0.5, 0.6) is 0 Å². The summed E-state index contributed by atoms with van der Waals surface area (Å²) in [4.78, 5) is 1.46. The van der Waals surface area contributed by atoms with Crippen molar-refractivity contribution < 1.29 is 4.90 Å². The Morgan fingerprint density at radius 2 is 1.30 bits per heavy atom. The molecule has 98 valence electrons. The van der Waals surface area contributed by atoms with E-state index in [4.69, 9.17) is 0 Å². The number of hydrogen-bond donors (Lipinski definition) is 1. The van der Waals surface area contributed by atoms with Gasteiger partial charge in [-0.15, -0.1) is 0 Å². The summed E-state index contributed by atoms with van der Waals surface area (Å²) in [7, 11) is 4.41. The number of quaternary nitrogens is 1. The molecule has 4 aromatic rings. The minimum atomic E-state index is 1.06. The fourth-order valence-corrected chi connectivity index (χ4v) is 3.33. The minimum Gasteiger partial charge on any atom is -0.336 e. The largest absolute Gasteiger partial charge is 0.336 e. The Morgan fingerprint density at radius 3 is 2.00 bits per heavy atom. The van der Waals surface area contributed by atoms with Crippen LogP contribution in [0.25, 0.3) is 32.3 Å². The van der Waals surface area contributed by atoms with Crippen LogP contribution in [-0.2, 0) is 6.54 Å². The minimum absolute atomic E-state index is 1.06. The lowest BCUT2D eigenvalue weighted by Gasteiger charge is -2.15. The maximum Gasteiger partial charge on any atom is 0.103 e. The summed E-state index contributed by atoms with van der Waals surface area (Å²) in [6.45, 7) is 1.06. The van der Waals surface area contributed by atoms with Crippen molar-refractivity contribution in [2.24, 2.45) is 0 Å². The Morgan fingerprint density at radius 1 is 0.700 bits per heavy atom. The monoisotopic (exact) mass is 260 g/mol. The highest BCUT2D eigenvalue weighted by Gasteiger charge is 2.11. The first-order valence-electron chi connectivity index (χ1n) is 7.18. The second kappa shape index (κ2) is 4.19. The van der Waals surface area contributed by atoms with E-state index in [0.29, 0.717) is 0 Å². The molecule has 0 aromatic heterocycles. The Bertz CT molecular complexity index is 890. The third-order valence-electron chi connectivity index (χ3n) is 4.16. The second-order valence-electron chi connectivity index (χ2n) is 5.96. The average molecular weight is 260 g/mol. The molecule has 0 aliphatic heterocycles. The highest BCUT2D eigenvalue weighted by molar-refractivity contribution is 6.23. The topological polar surface area (TPSA) is 4.44 Å². The third kappa shape index (κ3) is 1.60. The van der Waals surface area contributed by atoms with Crippen molar-refractivity contribution >= 4 is 32.3 Å². The van der Waals surface area contributed by atoms with Gasteiger partial charge in [0.15, 0.2) is 0 Å². The van der Waals surface area contributed by atoms with Crippen LogP contribution in [0.3, 0.4) is 0 Å².